The molecule has 1 aromatic heterocycles. The Bertz CT molecular complexity index is 1370. The predicted molar refractivity (Wildman–Crippen MR) is 137 cm³/mol. The van der Waals surface area contributed by atoms with E-state index in [-0.39, 0.29) is 11.8 Å². The van der Waals surface area contributed by atoms with Crippen LogP contribution in [0, 0.1) is 27.7 Å². The second-order valence-corrected chi connectivity index (χ2v) is 9.35. The lowest BCUT2D eigenvalue weighted by Gasteiger charge is -2.20. The zero-order chi connectivity index (χ0) is 23.8. The van der Waals surface area contributed by atoms with Gasteiger partial charge in [0.15, 0.2) is 0 Å². The standard InChI is InChI=1S/C29H31N3O2/c1-19-12-13-21(3)27(16-19)34-15-14-31-26-10-6-5-9-24(26)30-29(31)23-17-28(33)32(18-23)25-11-7-8-20(2)22(25)4/h5-13,16,23H,14-15,17-18H2,1-4H3. The van der Waals surface area contributed by atoms with Crippen LogP contribution in [0.1, 0.15) is 40.4 Å². The van der Waals surface area contributed by atoms with E-state index in [1.54, 1.807) is 0 Å². The van der Waals surface area contributed by atoms with Crippen LogP contribution in [0.5, 0.6) is 5.75 Å². The molecule has 3 aromatic carbocycles. The number of hydrogen-bond donors (Lipinski definition) is 0. The molecule has 0 aliphatic carbocycles. The SMILES string of the molecule is Cc1ccc(C)c(OCCn2c(C3CC(=O)N(c4cccc(C)c4C)C3)nc3ccccc32)c1. The summed E-state index contributed by atoms with van der Waals surface area (Å²) in [5, 5.41) is 0. The fraction of sp³-hybridized carbons (Fsp3) is 0.310. The average molecular weight is 454 g/mol. The number of amides is 1. The van der Waals surface area contributed by atoms with Crippen molar-refractivity contribution in [2.24, 2.45) is 0 Å². The molecule has 5 nitrogen and oxygen atoms in total. The van der Waals surface area contributed by atoms with Crippen molar-refractivity contribution < 1.29 is 9.53 Å². The summed E-state index contributed by atoms with van der Waals surface area (Å²) in [5.41, 5.74) is 7.73. The molecular formula is C29H31N3O2. The fourth-order valence-corrected chi connectivity index (χ4v) is 4.89. The van der Waals surface area contributed by atoms with Gasteiger partial charge >= 0.3 is 0 Å². The first-order valence-corrected chi connectivity index (χ1v) is 11.9. The number of para-hydroxylation sites is 2. The monoisotopic (exact) mass is 453 g/mol. The van der Waals surface area contributed by atoms with Crippen molar-refractivity contribution in [2.75, 3.05) is 18.1 Å². The maximum atomic E-state index is 13.1. The molecule has 5 rings (SSSR count). The van der Waals surface area contributed by atoms with E-state index >= 15 is 0 Å². The third-order valence-corrected chi connectivity index (χ3v) is 6.96. The number of carbonyl (C=O) groups excluding carboxylic acids is 1. The van der Waals surface area contributed by atoms with Crippen molar-refractivity contribution in [3.8, 4) is 5.75 Å². The normalized spacial score (nSPS) is 15.9. The van der Waals surface area contributed by atoms with Gasteiger partial charge in [0.1, 0.15) is 18.2 Å². The van der Waals surface area contributed by atoms with E-state index in [1.165, 1.54) is 11.1 Å². The molecule has 0 radical (unpaired) electrons. The average Bonchev–Trinajstić information content (AvgIpc) is 3.38. The van der Waals surface area contributed by atoms with Crippen LogP contribution in [0.3, 0.4) is 0 Å². The Hall–Kier alpha value is -3.60. The Kier molecular flexibility index (Phi) is 5.86. The number of aromatic nitrogens is 2. The van der Waals surface area contributed by atoms with Gasteiger partial charge in [-0.2, -0.15) is 0 Å². The number of fused-ring (bicyclic) bond motifs is 1. The second-order valence-electron chi connectivity index (χ2n) is 9.35. The van der Waals surface area contributed by atoms with Gasteiger partial charge in [0.05, 0.1) is 17.6 Å². The molecule has 1 aliphatic rings. The van der Waals surface area contributed by atoms with Crippen LogP contribution in [0.4, 0.5) is 5.69 Å². The summed E-state index contributed by atoms with van der Waals surface area (Å²) in [7, 11) is 0. The quantitative estimate of drug-likeness (QED) is 0.367. The highest BCUT2D eigenvalue weighted by molar-refractivity contribution is 5.97. The van der Waals surface area contributed by atoms with Gasteiger partial charge < -0.3 is 14.2 Å². The van der Waals surface area contributed by atoms with Crippen LogP contribution >= 0.6 is 0 Å². The Labute approximate surface area is 201 Å². The van der Waals surface area contributed by atoms with Crippen LogP contribution in [0.2, 0.25) is 0 Å². The summed E-state index contributed by atoms with van der Waals surface area (Å²) in [6.45, 7) is 10.2. The molecule has 1 atom stereocenters. The first kappa shape index (κ1) is 22.2. The summed E-state index contributed by atoms with van der Waals surface area (Å²) in [5.74, 6) is 2.08. The summed E-state index contributed by atoms with van der Waals surface area (Å²) in [4.78, 5) is 20.0. The lowest BCUT2D eigenvalue weighted by atomic mass is 10.1. The van der Waals surface area contributed by atoms with Crippen molar-refractivity contribution in [3.63, 3.8) is 0 Å². The van der Waals surface area contributed by atoms with Crippen molar-refractivity contribution in [1.82, 2.24) is 9.55 Å². The lowest BCUT2D eigenvalue weighted by molar-refractivity contribution is -0.117. The fourth-order valence-electron chi connectivity index (χ4n) is 4.89. The third-order valence-electron chi connectivity index (χ3n) is 6.96. The van der Waals surface area contributed by atoms with E-state index in [0.29, 0.717) is 26.1 Å². The Balaban J connectivity index is 1.42. The minimum atomic E-state index is 0.0421. The highest BCUT2D eigenvalue weighted by atomic mass is 16.5. The molecule has 4 aromatic rings. The maximum Gasteiger partial charge on any atom is 0.227 e. The van der Waals surface area contributed by atoms with E-state index in [2.05, 4.69) is 62.6 Å². The molecular weight excluding hydrogens is 422 g/mol. The number of ether oxygens (including phenoxy) is 1. The lowest BCUT2D eigenvalue weighted by Crippen LogP contribution is -2.25. The molecule has 0 N–H and O–H groups in total. The molecule has 2 heterocycles. The van der Waals surface area contributed by atoms with Crippen LogP contribution < -0.4 is 9.64 Å². The number of carbonyl (C=O) groups is 1. The molecule has 1 aliphatic heterocycles. The number of nitrogens with zero attached hydrogens (tertiary/aromatic N) is 3. The van der Waals surface area contributed by atoms with Crippen LogP contribution in [-0.4, -0.2) is 28.6 Å². The largest absolute Gasteiger partial charge is 0.491 e. The number of aryl methyl sites for hydroxylation is 3. The van der Waals surface area contributed by atoms with Crippen LogP contribution in [0.25, 0.3) is 11.0 Å². The molecule has 1 fully saturated rings. The first-order chi connectivity index (χ1) is 16.4. The zero-order valence-corrected chi connectivity index (χ0v) is 20.3. The van der Waals surface area contributed by atoms with Crippen molar-refractivity contribution in [1.29, 1.82) is 0 Å². The molecule has 1 amide bonds. The minimum absolute atomic E-state index is 0.0421. The summed E-state index contributed by atoms with van der Waals surface area (Å²) in [6, 6.07) is 20.6. The highest BCUT2D eigenvalue weighted by Crippen LogP contribution is 2.35. The highest BCUT2D eigenvalue weighted by Gasteiger charge is 2.35. The number of anilines is 1. The number of benzene rings is 3. The molecule has 1 unspecified atom stereocenters. The molecule has 0 spiro atoms. The van der Waals surface area contributed by atoms with Crippen LogP contribution in [0.15, 0.2) is 60.7 Å². The summed E-state index contributed by atoms with van der Waals surface area (Å²) in [6.07, 6.45) is 0.467. The Morgan fingerprint density at radius 3 is 2.65 bits per heavy atom. The van der Waals surface area contributed by atoms with Gasteiger partial charge in [-0.25, -0.2) is 4.98 Å². The molecule has 1 saturated heterocycles. The molecule has 0 bridgehead atoms. The van der Waals surface area contributed by atoms with Gasteiger partial charge in [-0.3, -0.25) is 4.79 Å². The van der Waals surface area contributed by atoms with Crippen molar-refractivity contribution >= 4 is 22.6 Å². The third kappa shape index (κ3) is 4.07. The smallest absolute Gasteiger partial charge is 0.227 e. The number of imidazole rings is 1. The summed E-state index contributed by atoms with van der Waals surface area (Å²) < 4.78 is 8.41. The number of hydrogen-bond acceptors (Lipinski definition) is 3. The van der Waals surface area contributed by atoms with Crippen molar-refractivity contribution in [3.05, 3.63) is 88.7 Å². The molecule has 174 valence electrons. The Morgan fingerprint density at radius 2 is 1.79 bits per heavy atom. The van der Waals surface area contributed by atoms with E-state index < -0.39 is 0 Å². The molecule has 0 saturated carbocycles. The van der Waals surface area contributed by atoms with E-state index in [9.17, 15) is 4.79 Å². The summed E-state index contributed by atoms with van der Waals surface area (Å²) >= 11 is 0. The van der Waals surface area contributed by atoms with Gasteiger partial charge in [0.2, 0.25) is 5.91 Å². The maximum absolute atomic E-state index is 13.1. The second kappa shape index (κ2) is 8.98. The van der Waals surface area contributed by atoms with Crippen LogP contribution in [-0.2, 0) is 11.3 Å². The topological polar surface area (TPSA) is 47.4 Å². The van der Waals surface area contributed by atoms with Gasteiger partial charge in [-0.1, -0.05) is 36.4 Å². The van der Waals surface area contributed by atoms with E-state index in [4.69, 9.17) is 9.72 Å². The van der Waals surface area contributed by atoms with E-state index in [1.807, 2.05) is 35.2 Å². The van der Waals surface area contributed by atoms with Crippen molar-refractivity contribution in [2.45, 2.75) is 46.6 Å². The predicted octanol–water partition coefficient (Wildman–Crippen LogP) is 5.87. The van der Waals surface area contributed by atoms with Gasteiger partial charge in [-0.15, -0.1) is 0 Å². The Morgan fingerprint density at radius 1 is 0.971 bits per heavy atom. The molecule has 5 heteroatoms. The van der Waals surface area contributed by atoms with Gasteiger partial charge in [-0.05, 0) is 74.2 Å². The van der Waals surface area contributed by atoms with E-state index in [0.717, 1.165) is 39.4 Å². The van der Waals surface area contributed by atoms with Gasteiger partial charge in [0, 0.05) is 24.6 Å². The molecule has 34 heavy (non-hydrogen) atoms. The van der Waals surface area contributed by atoms with Gasteiger partial charge in [0.25, 0.3) is 0 Å². The first-order valence-electron chi connectivity index (χ1n) is 11.9. The minimum Gasteiger partial charge on any atom is -0.491 e. The zero-order valence-electron chi connectivity index (χ0n) is 20.3. The number of rotatable bonds is 6.